The Bertz CT molecular complexity index is 358. The van der Waals surface area contributed by atoms with Gasteiger partial charge < -0.3 is 15.4 Å². The predicted molar refractivity (Wildman–Crippen MR) is 79.9 cm³/mol. The molecule has 1 unspecified atom stereocenters. The van der Waals surface area contributed by atoms with Crippen molar-refractivity contribution in [3.8, 4) is 0 Å². The van der Waals surface area contributed by atoms with Crippen LogP contribution in [0.1, 0.15) is 18.1 Å². The number of methoxy groups -OCH3 is 1. The number of hydrogen-bond donors (Lipinski definition) is 2. The monoisotopic (exact) mass is 314 g/mol. The number of aryl methyl sites for hydroxylation is 1. The molecule has 0 radical (unpaired) electrons. The number of benzene rings is 1. The van der Waals surface area contributed by atoms with E-state index in [4.69, 9.17) is 4.74 Å². The molecule has 1 aromatic carbocycles. The maximum Gasteiger partial charge on any atom is 0.0587 e. The molecule has 0 amide bonds. The van der Waals surface area contributed by atoms with E-state index < -0.39 is 0 Å². The van der Waals surface area contributed by atoms with Gasteiger partial charge in [-0.05, 0) is 37.1 Å². The van der Waals surface area contributed by atoms with Gasteiger partial charge in [0.05, 0.1) is 6.61 Å². The Labute approximate surface area is 118 Å². The molecule has 0 bridgehead atoms. The topological polar surface area (TPSA) is 33.3 Å². The second-order valence-electron chi connectivity index (χ2n) is 4.55. The van der Waals surface area contributed by atoms with Crippen LogP contribution in [-0.2, 0) is 11.3 Å². The van der Waals surface area contributed by atoms with E-state index in [9.17, 15) is 0 Å². The highest BCUT2D eigenvalue weighted by atomic mass is 79.9. The maximum absolute atomic E-state index is 4.99. The summed E-state index contributed by atoms with van der Waals surface area (Å²) in [6, 6.07) is 6.85. The highest BCUT2D eigenvalue weighted by Crippen LogP contribution is 2.15. The Morgan fingerprint density at radius 1 is 1.39 bits per heavy atom. The fourth-order valence-electron chi connectivity index (χ4n) is 1.71. The smallest absolute Gasteiger partial charge is 0.0587 e. The van der Waals surface area contributed by atoms with Crippen molar-refractivity contribution in [2.75, 3.05) is 26.8 Å². The summed E-state index contributed by atoms with van der Waals surface area (Å²) >= 11 is 3.48. The van der Waals surface area contributed by atoms with Gasteiger partial charge in [-0.1, -0.05) is 22.0 Å². The predicted octanol–water partition coefficient (Wildman–Crippen LogP) is 2.47. The average Bonchev–Trinajstić information content (AvgIpc) is 2.33. The maximum atomic E-state index is 4.99. The first-order valence-corrected chi connectivity index (χ1v) is 7.11. The second-order valence-corrected chi connectivity index (χ2v) is 5.47. The van der Waals surface area contributed by atoms with Crippen LogP contribution in [0.3, 0.4) is 0 Å². The molecular formula is C14H23BrN2O. The Hall–Kier alpha value is -0.420. The summed E-state index contributed by atoms with van der Waals surface area (Å²) < 4.78 is 6.13. The molecule has 0 spiro atoms. The van der Waals surface area contributed by atoms with Crippen molar-refractivity contribution in [1.29, 1.82) is 0 Å². The number of nitrogens with one attached hydrogen (secondary N) is 2. The minimum atomic E-state index is 0.449. The molecule has 0 aliphatic rings. The SMILES string of the molecule is COCCNCC(C)NCc1ccc(Br)cc1C. The lowest BCUT2D eigenvalue weighted by atomic mass is 10.1. The molecule has 3 nitrogen and oxygen atoms in total. The summed E-state index contributed by atoms with van der Waals surface area (Å²) in [6.45, 7) is 7.86. The van der Waals surface area contributed by atoms with Gasteiger partial charge in [0.2, 0.25) is 0 Å². The van der Waals surface area contributed by atoms with E-state index in [0.29, 0.717) is 6.04 Å². The molecule has 0 heterocycles. The summed E-state index contributed by atoms with van der Waals surface area (Å²) in [5.74, 6) is 0. The van der Waals surface area contributed by atoms with Crippen LogP contribution >= 0.6 is 15.9 Å². The van der Waals surface area contributed by atoms with Crippen molar-refractivity contribution >= 4 is 15.9 Å². The molecule has 102 valence electrons. The molecule has 2 N–H and O–H groups in total. The minimum absolute atomic E-state index is 0.449. The first-order valence-electron chi connectivity index (χ1n) is 6.31. The number of rotatable bonds is 8. The molecule has 4 heteroatoms. The third-order valence-corrected chi connectivity index (χ3v) is 3.37. The van der Waals surface area contributed by atoms with Gasteiger partial charge >= 0.3 is 0 Å². The average molecular weight is 315 g/mol. The van der Waals surface area contributed by atoms with Crippen molar-refractivity contribution in [2.24, 2.45) is 0 Å². The van der Waals surface area contributed by atoms with Gasteiger partial charge in [-0.2, -0.15) is 0 Å². The molecule has 1 aromatic rings. The van der Waals surface area contributed by atoms with Crippen LogP contribution in [0, 0.1) is 6.92 Å². The number of halogens is 1. The summed E-state index contributed by atoms with van der Waals surface area (Å²) in [6.07, 6.45) is 0. The second kappa shape index (κ2) is 8.64. The molecular weight excluding hydrogens is 292 g/mol. The lowest BCUT2D eigenvalue weighted by molar-refractivity contribution is 0.198. The molecule has 0 aliphatic carbocycles. The third kappa shape index (κ3) is 5.96. The van der Waals surface area contributed by atoms with Crippen molar-refractivity contribution in [2.45, 2.75) is 26.4 Å². The number of ether oxygens (including phenoxy) is 1. The Balaban J connectivity index is 2.27. The van der Waals surface area contributed by atoms with E-state index in [2.05, 4.69) is 58.6 Å². The Kier molecular flexibility index (Phi) is 7.51. The number of hydrogen-bond acceptors (Lipinski definition) is 3. The lowest BCUT2D eigenvalue weighted by Crippen LogP contribution is -2.37. The van der Waals surface area contributed by atoms with Crippen LogP contribution in [-0.4, -0.2) is 32.8 Å². The first-order chi connectivity index (χ1) is 8.63. The summed E-state index contributed by atoms with van der Waals surface area (Å²) in [5, 5.41) is 6.87. The highest BCUT2D eigenvalue weighted by Gasteiger charge is 2.03. The standard InChI is InChI=1S/C14H23BrN2O/c1-11-8-14(15)5-4-13(11)10-17-12(2)9-16-6-7-18-3/h4-5,8,12,16-17H,6-7,9-10H2,1-3H3. The highest BCUT2D eigenvalue weighted by molar-refractivity contribution is 9.10. The molecule has 0 fully saturated rings. The molecule has 1 rings (SSSR count). The molecule has 0 saturated carbocycles. The zero-order valence-corrected chi connectivity index (χ0v) is 13.0. The summed E-state index contributed by atoms with van der Waals surface area (Å²) in [4.78, 5) is 0. The largest absolute Gasteiger partial charge is 0.383 e. The Morgan fingerprint density at radius 3 is 2.83 bits per heavy atom. The fraction of sp³-hybridized carbons (Fsp3) is 0.571. The van der Waals surface area contributed by atoms with E-state index in [0.717, 1.165) is 30.7 Å². The van der Waals surface area contributed by atoms with Crippen LogP contribution in [0.5, 0.6) is 0 Å². The first kappa shape index (κ1) is 15.6. The van der Waals surface area contributed by atoms with Gasteiger partial charge in [0.1, 0.15) is 0 Å². The molecule has 0 aliphatic heterocycles. The Morgan fingerprint density at radius 2 is 2.17 bits per heavy atom. The van der Waals surface area contributed by atoms with Crippen molar-refractivity contribution < 1.29 is 4.74 Å². The van der Waals surface area contributed by atoms with Crippen LogP contribution < -0.4 is 10.6 Å². The van der Waals surface area contributed by atoms with E-state index in [-0.39, 0.29) is 0 Å². The molecule has 18 heavy (non-hydrogen) atoms. The van der Waals surface area contributed by atoms with E-state index in [1.165, 1.54) is 11.1 Å². The van der Waals surface area contributed by atoms with Crippen molar-refractivity contribution in [3.05, 3.63) is 33.8 Å². The van der Waals surface area contributed by atoms with Crippen LogP contribution in [0.25, 0.3) is 0 Å². The minimum Gasteiger partial charge on any atom is -0.383 e. The van der Waals surface area contributed by atoms with Crippen molar-refractivity contribution in [1.82, 2.24) is 10.6 Å². The molecule has 1 atom stereocenters. The van der Waals surface area contributed by atoms with E-state index >= 15 is 0 Å². The zero-order valence-electron chi connectivity index (χ0n) is 11.4. The molecule has 0 aromatic heterocycles. The van der Waals surface area contributed by atoms with E-state index in [1.54, 1.807) is 7.11 Å². The van der Waals surface area contributed by atoms with E-state index in [1.807, 2.05) is 0 Å². The summed E-state index contributed by atoms with van der Waals surface area (Å²) in [5.41, 5.74) is 2.67. The fourth-order valence-corrected chi connectivity index (χ4v) is 2.18. The van der Waals surface area contributed by atoms with Gasteiger partial charge in [-0.15, -0.1) is 0 Å². The van der Waals surface area contributed by atoms with Crippen molar-refractivity contribution in [3.63, 3.8) is 0 Å². The van der Waals surface area contributed by atoms with Gasteiger partial charge in [-0.25, -0.2) is 0 Å². The van der Waals surface area contributed by atoms with Gasteiger partial charge in [-0.3, -0.25) is 0 Å². The molecule has 0 saturated heterocycles. The van der Waals surface area contributed by atoms with Gasteiger partial charge in [0.15, 0.2) is 0 Å². The van der Waals surface area contributed by atoms with Crippen LogP contribution in [0.2, 0.25) is 0 Å². The van der Waals surface area contributed by atoms with Gasteiger partial charge in [0.25, 0.3) is 0 Å². The zero-order chi connectivity index (χ0) is 13.4. The van der Waals surface area contributed by atoms with Crippen LogP contribution in [0.15, 0.2) is 22.7 Å². The third-order valence-electron chi connectivity index (χ3n) is 2.88. The summed E-state index contributed by atoms with van der Waals surface area (Å²) in [7, 11) is 1.72. The van der Waals surface area contributed by atoms with Gasteiger partial charge in [0, 0.05) is 37.3 Å². The van der Waals surface area contributed by atoms with Crippen LogP contribution in [0.4, 0.5) is 0 Å². The lowest BCUT2D eigenvalue weighted by Gasteiger charge is -2.15. The quantitative estimate of drug-likeness (QED) is 0.723. The normalized spacial score (nSPS) is 12.7.